The Morgan fingerprint density at radius 3 is 2.38 bits per heavy atom. The fraction of sp³-hybridized carbons (Fsp3) is 0.833. The topological polar surface area (TPSA) is 58.2 Å². The number of nitrogens with one attached hydrogen (secondary N) is 2. The van der Waals surface area contributed by atoms with Gasteiger partial charge in [0.1, 0.15) is 0 Å². The van der Waals surface area contributed by atoms with Gasteiger partial charge in [0, 0.05) is 12.1 Å². The van der Waals surface area contributed by atoms with Crippen LogP contribution in [0.1, 0.15) is 46.0 Å². The lowest BCUT2D eigenvalue weighted by atomic mass is 9.77. The van der Waals surface area contributed by atoms with Gasteiger partial charge >= 0.3 is 0 Å². The summed E-state index contributed by atoms with van der Waals surface area (Å²) in [6.07, 6.45) is 3.63. The predicted molar refractivity (Wildman–Crippen MR) is 61.0 cm³/mol. The molecule has 90 valence electrons. The Balaban J connectivity index is 1.94. The normalized spacial score (nSPS) is 34.8. The van der Waals surface area contributed by atoms with Crippen LogP contribution in [0, 0.1) is 0 Å². The first-order valence-corrected chi connectivity index (χ1v) is 6.12. The molecule has 2 rings (SSSR count). The molecule has 2 fully saturated rings. The Morgan fingerprint density at radius 1 is 1.31 bits per heavy atom. The van der Waals surface area contributed by atoms with Gasteiger partial charge in [-0.15, -0.1) is 0 Å². The number of Topliss-reactive ketones (excluding diaryl/α,β-unsaturated/α-hetero) is 1. The summed E-state index contributed by atoms with van der Waals surface area (Å²) in [5.41, 5.74) is -0.508. The average Bonchev–Trinajstić information content (AvgIpc) is 2.45. The fourth-order valence-corrected chi connectivity index (χ4v) is 2.85. The van der Waals surface area contributed by atoms with Gasteiger partial charge < -0.3 is 10.6 Å². The van der Waals surface area contributed by atoms with Gasteiger partial charge in [-0.2, -0.15) is 0 Å². The molecule has 4 nitrogen and oxygen atoms in total. The highest BCUT2D eigenvalue weighted by Crippen LogP contribution is 2.33. The van der Waals surface area contributed by atoms with Gasteiger partial charge in [-0.3, -0.25) is 9.59 Å². The third-order valence-corrected chi connectivity index (χ3v) is 3.64. The van der Waals surface area contributed by atoms with E-state index < -0.39 is 5.54 Å². The van der Waals surface area contributed by atoms with Crippen LogP contribution in [0.15, 0.2) is 0 Å². The Labute approximate surface area is 96.2 Å². The summed E-state index contributed by atoms with van der Waals surface area (Å²) in [4.78, 5) is 23.0. The molecule has 1 spiro atoms. The lowest BCUT2D eigenvalue weighted by Gasteiger charge is -2.36. The molecule has 4 heteroatoms. The van der Waals surface area contributed by atoms with Gasteiger partial charge in [0.2, 0.25) is 5.91 Å². The maximum Gasteiger partial charge on any atom is 0.228 e. The van der Waals surface area contributed by atoms with Crippen molar-refractivity contribution in [2.75, 3.05) is 0 Å². The molecule has 2 N–H and O–H groups in total. The summed E-state index contributed by atoms with van der Waals surface area (Å²) in [5.74, 6) is 0.000709. The van der Waals surface area contributed by atoms with Crippen molar-refractivity contribution in [3.8, 4) is 0 Å². The van der Waals surface area contributed by atoms with Gasteiger partial charge in [-0.25, -0.2) is 0 Å². The molecule has 1 heterocycles. The van der Waals surface area contributed by atoms with Crippen molar-refractivity contribution in [1.29, 1.82) is 0 Å². The van der Waals surface area contributed by atoms with Crippen molar-refractivity contribution in [1.82, 2.24) is 10.6 Å². The van der Waals surface area contributed by atoms with E-state index in [-0.39, 0.29) is 18.1 Å². The summed E-state index contributed by atoms with van der Waals surface area (Å²) in [6.45, 7) is 4.26. The third-order valence-electron chi connectivity index (χ3n) is 3.64. The predicted octanol–water partition coefficient (Wildman–Crippen LogP) is 0.755. The smallest absolute Gasteiger partial charge is 0.228 e. The number of hydrogen-bond acceptors (Lipinski definition) is 3. The van der Waals surface area contributed by atoms with E-state index in [0.717, 1.165) is 25.7 Å². The van der Waals surface area contributed by atoms with Crippen molar-refractivity contribution < 1.29 is 9.59 Å². The molecule has 2 aliphatic rings. The minimum absolute atomic E-state index is 0.0856. The second-order valence-corrected chi connectivity index (χ2v) is 5.33. The molecular weight excluding hydrogens is 204 g/mol. The first kappa shape index (κ1) is 11.6. The molecule has 0 aromatic rings. The van der Waals surface area contributed by atoms with Gasteiger partial charge in [-0.05, 0) is 25.7 Å². The number of rotatable bonds is 2. The molecule has 1 saturated heterocycles. The molecular formula is C12H20N2O2. The van der Waals surface area contributed by atoms with Crippen LogP contribution in [0.5, 0.6) is 0 Å². The SMILES string of the molecule is CC(C)NC1CCC2(CC1)NC(=O)CC2=O. The highest BCUT2D eigenvalue weighted by molar-refractivity contribution is 6.10. The molecule has 1 aliphatic carbocycles. The third kappa shape index (κ3) is 2.12. The summed E-state index contributed by atoms with van der Waals surface area (Å²) in [7, 11) is 0. The minimum atomic E-state index is -0.508. The van der Waals surface area contributed by atoms with Crippen LogP contribution in [0.3, 0.4) is 0 Å². The Morgan fingerprint density at radius 2 is 1.94 bits per heavy atom. The van der Waals surface area contributed by atoms with E-state index in [9.17, 15) is 9.59 Å². The summed E-state index contributed by atoms with van der Waals surface area (Å²) in [5, 5.41) is 6.37. The summed E-state index contributed by atoms with van der Waals surface area (Å²) in [6, 6.07) is 0.976. The summed E-state index contributed by atoms with van der Waals surface area (Å²) >= 11 is 0. The zero-order valence-corrected chi connectivity index (χ0v) is 10.0. The van der Waals surface area contributed by atoms with Crippen LogP contribution >= 0.6 is 0 Å². The lowest BCUT2D eigenvalue weighted by Crippen LogP contribution is -2.52. The average molecular weight is 224 g/mol. The van der Waals surface area contributed by atoms with E-state index in [1.807, 2.05) is 0 Å². The first-order valence-electron chi connectivity index (χ1n) is 6.12. The second kappa shape index (κ2) is 4.17. The van der Waals surface area contributed by atoms with Gasteiger partial charge in [0.05, 0.1) is 12.0 Å². The zero-order chi connectivity index (χ0) is 11.8. The molecule has 0 unspecified atom stereocenters. The molecule has 0 aromatic carbocycles. The first-order chi connectivity index (χ1) is 7.52. The largest absolute Gasteiger partial charge is 0.343 e. The van der Waals surface area contributed by atoms with Crippen LogP contribution in [-0.2, 0) is 9.59 Å². The van der Waals surface area contributed by atoms with Crippen LogP contribution < -0.4 is 10.6 Å². The van der Waals surface area contributed by atoms with Crippen molar-refractivity contribution in [2.45, 2.75) is 63.6 Å². The number of amides is 1. The van der Waals surface area contributed by atoms with Gasteiger partial charge in [-0.1, -0.05) is 13.8 Å². The molecule has 16 heavy (non-hydrogen) atoms. The second-order valence-electron chi connectivity index (χ2n) is 5.33. The van der Waals surface area contributed by atoms with Crippen LogP contribution in [-0.4, -0.2) is 29.3 Å². The zero-order valence-electron chi connectivity index (χ0n) is 10.0. The molecule has 1 saturated carbocycles. The standard InChI is InChI=1S/C12H20N2O2/c1-8(2)13-9-3-5-12(6-4-9)10(15)7-11(16)14-12/h8-9,13H,3-7H2,1-2H3,(H,14,16). The van der Waals surface area contributed by atoms with E-state index in [4.69, 9.17) is 0 Å². The quantitative estimate of drug-likeness (QED) is 0.681. The lowest BCUT2D eigenvalue weighted by molar-refractivity contribution is -0.124. The van der Waals surface area contributed by atoms with E-state index in [1.54, 1.807) is 0 Å². The molecule has 1 amide bonds. The Kier molecular flexibility index (Phi) is 3.02. The van der Waals surface area contributed by atoms with E-state index in [1.165, 1.54) is 0 Å². The minimum Gasteiger partial charge on any atom is -0.343 e. The molecule has 0 atom stereocenters. The van der Waals surface area contributed by atoms with Crippen molar-refractivity contribution in [3.63, 3.8) is 0 Å². The van der Waals surface area contributed by atoms with Gasteiger partial charge in [0.25, 0.3) is 0 Å². The van der Waals surface area contributed by atoms with Crippen molar-refractivity contribution in [3.05, 3.63) is 0 Å². The fourth-order valence-electron chi connectivity index (χ4n) is 2.85. The monoisotopic (exact) mass is 224 g/mol. The highest BCUT2D eigenvalue weighted by Gasteiger charge is 2.47. The van der Waals surface area contributed by atoms with Crippen molar-refractivity contribution >= 4 is 11.7 Å². The summed E-state index contributed by atoms with van der Waals surface area (Å²) < 4.78 is 0. The molecule has 0 aromatic heterocycles. The maximum atomic E-state index is 11.8. The van der Waals surface area contributed by atoms with Gasteiger partial charge in [0.15, 0.2) is 5.78 Å². The van der Waals surface area contributed by atoms with Crippen LogP contribution in [0.25, 0.3) is 0 Å². The van der Waals surface area contributed by atoms with Crippen LogP contribution in [0.2, 0.25) is 0 Å². The Bertz CT molecular complexity index is 304. The Hall–Kier alpha value is -0.900. The number of carbonyl (C=O) groups excluding carboxylic acids is 2. The van der Waals surface area contributed by atoms with E-state index >= 15 is 0 Å². The van der Waals surface area contributed by atoms with Crippen molar-refractivity contribution in [2.24, 2.45) is 0 Å². The number of ketones is 1. The van der Waals surface area contributed by atoms with Crippen LogP contribution in [0.4, 0.5) is 0 Å². The maximum absolute atomic E-state index is 11.8. The number of hydrogen-bond donors (Lipinski definition) is 2. The molecule has 0 radical (unpaired) electrons. The number of carbonyl (C=O) groups is 2. The van der Waals surface area contributed by atoms with E-state index in [0.29, 0.717) is 12.1 Å². The van der Waals surface area contributed by atoms with E-state index in [2.05, 4.69) is 24.5 Å². The molecule has 0 bridgehead atoms. The highest BCUT2D eigenvalue weighted by atomic mass is 16.2. The molecule has 1 aliphatic heterocycles.